The molecule has 2 aromatic carbocycles. The molecule has 2 aromatic rings. The maximum Gasteiger partial charge on any atom is 0.315 e. The van der Waals surface area contributed by atoms with Gasteiger partial charge >= 0.3 is 5.97 Å². The quantitative estimate of drug-likeness (QED) is 0.687. The number of benzene rings is 2. The maximum absolute atomic E-state index is 14.4. The lowest BCUT2D eigenvalue weighted by Gasteiger charge is -2.22. The van der Waals surface area contributed by atoms with Crippen LogP contribution in [-0.2, 0) is 9.59 Å². The highest BCUT2D eigenvalue weighted by Gasteiger charge is 2.42. The van der Waals surface area contributed by atoms with Crippen LogP contribution in [-0.4, -0.2) is 23.0 Å². The minimum absolute atomic E-state index is 0.207. The van der Waals surface area contributed by atoms with Gasteiger partial charge in [-0.1, -0.05) is 18.2 Å². The summed E-state index contributed by atoms with van der Waals surface area (Å²) in [4.78, 5) is 24.2. The van der Waals surface area contributed by atoms with Gasteiger partial charge in [-0.15, -0.1) is 0 Å². The summed E-state index contributed by atoms with van der Waals surface area (Å²) in [7, 11) is 0. The lowest BCUT2D eigenvalue weighted by Crippen LogP contribution is -2.39. The van der Waals surface area contributed by atoms with Crippen LogP contribution in [0.3, 0.4) is 0 Å². The van der Waals surface area contributed by atoms with Crippen LogP contribution in [0.2, 0.25) is 0 Å². The van der Waals surface area contributed by atoms with Gasteiger partial charge in [0, 0.05) is 23.0 Å². The third-order valence-electron chi connectivity index (χ3n) is 5.56. The molecule has 5 nitrogen and oxygen atoms in total. The number of fused-ring (bicyclic) bond motifs is 1. The molecule has 2 aliphatic rings. The maximum atomic E-state index is 14.4. The van der Waals surface area contributed by atoms with Crippen molar-refractivity contribution in [2.75, 3.05) is 5.32 Å². The summed E-state index contributed by atoms with van der Waals surface area (Å²) < 4.78 is 28.8. The van der Waals surface area contributed by atoms with E-state index in [1.165, 1.54) is 12.1 Å². The van der Waals surface area contributed by atoms with Gasteiger partial charge in [-0.2, -0.15) is 0 Å². The lowest BCUT2D eigenvalue weighted by molar-refractivity contribution is -0.145. The summed E-state index contributed by atoms with van der Waals surface area (Å²) in [6.45, 7) is 3.32. The number of allylic oxidation sites excluding steroid dienone is 1. The Balaban J connectivity index is 1.88. The van der Waals surface area contributed by atoms with E-state index in [4.69, 9.17) is 0 Å². The number of aliphatic carboxylic acids is 1. The van der Waals surface area contributed by atoms with Crippen LogP contribution in [0.5, 0.6) is 0 Å². The number of carboxylic acid groups (broad SMARTS) is 1. The Morgan fingerprint density at radius 2 is 1.79 bits per heavy atom. The largest absolute Gasteiger partial charge is 0.481 e. The summed E-state index contributed by atoms with van der Waals surface area (Å²) in [6, 6.07) is 8.01. The molecule has 3 N–H and O–H groups in total. The van der Waals surface area contributed by atoms with Crippen LogP contribution >= 0.6 is 0 Å². The van der Waals surface area contributed by atoms with E-state index in [9.17, 15) is 23.5 Å². The number of nitrogens with one attached hydrogen (secondary N) is 2. The Labute approximate surface area is 165 Å². The highest BCUT2D eigenvalue weighted by atomic mass is 19.1. The fourth-order valence-corrected chi connectivity index (χ4v) is 3.73. The Kier molecular flexibility index (Phi) is 4.26. The zero-order chi connectivity index (χ0) is 20.9. The van der Waals surface area contributed by atoms with Gasteiger partial charge in [0.2, 0.25) is 0 Å². The molecule has 148 valence electrons. The van der Waals surface area contributed by atoms with E-state index in [-0.39, 0.29) is 16.7 Å². The molecule has 0 radical (unpaired) electrons. The van der Waals surface area contributed by atoms with E-state index in [0.717, 1.165) is 12.1 Å². The molecule has 2 heterocycles. The summed E-state index contributed by atoms with van der Waals surface area (Å²) in [6.07, 6.45) is 3.07. The number of anilines is 1. The molecule has 0 saturated carbocycles. The standard InChI is InChI=1S/C22H18F2N2O3/c1-11-22(2,21(28)29)10-12(25-11)9-14-18-13(5-3-8-17(18)26-20(14)27)19-15(23)6-4-7-16(19)24/h3-11,25H,1-2H3,(H,26,27)(H,28,29)/b14-9-. The molecule has 2 aliphatic heterocycles. The van der Waals surface area contributed by atoms with Crippen molar-refractivity contribution in [3.8, 4) is 11.1 Å². The number of halogens is 2. The van der Waals surface area contributed by atoms with Crippen molar-refractivity contribution in [1.82, 2.24) is 5.32 Å². The molecule has 7 heteroatoms. The van der Waals surface area contributed by atoms with Gasteiger partial charge < -0.3 is 15.7 Å². The Morgan fingerprint density at radius 3 is 2.41 bits per heavy atom. The molecule has 0 bridgehead atoms. The van der Waals surface area contributed by atoms with Crippen molar-refractivity contribution >= 4 is 23.1 Å². The van der Waals surface area contributed by atoms with E-state index < -0.39 is 35.0 Å². The van der Waals surface area contributed by atoms with Gasteiger partial charge in [0.1, 0.15) is 17.0 Å². The van der Waals surface area contributed by atoms with Crippen LogP contribution < -0.4 is 10.6 Å². The van der Waals surface area contributed by atoms with Crippen molar-refractivity contribution in [2.45, 2.75) is 19.9 Å². The fraction of sp³-hybridized carbons (Fsp3) is 0.182. The summed E-state index contributed by atoms with van der Waals surface area (Å²) >= 11 is 0. The first-order valence-corrected chi connectivity index (χ1v) is 9.06. The Bertz CT molecular complexity index is 1100. The zero-order valence-corrected chi connectivity index (χ0v) is 15.7. The highest BCUT2D eigenvalue weighted by Crippen LogP contribution is 2.42. The second-order valence-corrected chi connectivity index (χ2v) is 7.39. The molecule has 0 aromatic heterocycles. The first-order valence-electron chi connectivity index (χ1n) is 9.06. The first-order chi connectivity index (χ1) is 13.7. The monoisotopic (exact) mass is 396 g/mol. The molecule has 1 amide bonds. The number of hydrogen-bond donors (Lipinski definition) is 3. The molecule has 2 atom stereocenters. The van der Waals surface area contributed by atoms with Gasteiger partial charge in [-0.05, 0) is 49.8 Å². The highest BCUT2D eigenvalue weighted by molar-refractivity contribution is 6.33. The molecule has 0 saturated heterocycles. The van der Waals surface area contributed by atoms with Crippen LogP contribution in [0.4, 0.5) is 14.5 Å². The van der Waals surface area contributed by atoms with E-state index in [2.05, 4.69) is 10.6 Å². The molecule has 0 fully saturated rings. The zero-order valence-electron chi connectivity index (χ0n) is 15.7. The lowest BCUT2D eigenvalue weighted by atomic mass is 9.85. The molecule has 29 heavy (non-hydrogen) atoms. The van der Waals surface area contributed by atoms with E-state index >= 15 is 0 Å². The van der Waals surface area contributed by atoms with E-state index in [0.29, 0.717) is 16.9 Å². The second kappa shape index (κ2) is 6.55. The topological polar surface area (TPSA) is 78.4 Å². The van der Waals surface area contributed by atoms with Gasteiger partial charge in [-0.25, -0.2) is 8.78 Å². The molecular weight excluding hydrogens is 378 g/mol. The van der Waals surface area contributed by atoms with Crippen LogP contribution in [0.1, 0.15) is 19.4 Å². The average Bonchev–Trinajstić information content (AvgIpc) is 3.12. The molecular formula is C22H18F2N2O3. The van der Waals surface area contributed by atoms with Gasteiger partial charge in [0.15, 0.2) is 0 Å². The molecule has 0 spiro atoms. The molecule has 0 aliphatic carbocycles. The van der Waals surface area contributed by atoms with E-state index in [1.807, 2.05) is 0 Å². The Morgan fingerprint density at radius 1 is 1.14 bits per heavy atom. The van der Waals surface area contributed by atoms with Crippen LogP contribution in [0, 0.1) is 17.0 Å². The number of carbonyl (C=O) groups excluding carboxylic acids is 1. The fourth-order valence-electron chi connectivity index (χ4n) is 3.73. The third kappa shape index (κ3) is 2.90. The van der Waals surface area contributed by atoms with Crippen LogP contribution in [0.25, 0.3) is 16.7 Å². The smallest absolute Gasteiger partial charge is 0.315 e. The second-order valence-electron chi connectivity index (χ2n) is 7.39. The number of hydrogen-bond acceptors (Lipinski definition) is 3. The van der Waals surface area contributed by atoms with Gasteiger partial charge in [-0.3, -0.25) is 9.59 Å². The predicted octanol–water partition coefficient (Wildman–Crippen LogP) is 3.93. The average molecular weight is 396 g/mol. The van der Waals surface area contributed by atoms with Crippen molar-refractivity contribution in [3.63, 3.8) is 0 Å². The number of amides is 1. The van der Waals surface area contributed by atoms with Gasteiger partial charge in [0.05, 0.1) is 11.1 Å². The number of rotatable bonds is 3. The minimum Gasteiger partial charge on any atom is -0.481 e. The Hall–Kier alpha value is -3.48. The van der Waals surface area contributed by atoms with Crippen molar-refractivity contribution in [1.29, 1.82) is 0 Å². The van der Waals surface area contributed by atoms with Crippen molar-refractivity contribution in [3.05, 3.63) is 71.4 Å². The number of carbonyl (C=O) groups is 2. The minimum atomic E-state index is -1.14. The van der Waals surface area contributed by atoms with Crippen molar-refractivity contribution in [2.24, 2.45) is 5.41 Å². The van der Waals surface area contributed by atoms with Crippen molar-refractivity contribution < 1.29 is 23.5 Å². The molecule has 4 rings (SSSR count). The third-order valence-corrected chi connectivity index (χ3v) is 5.56. The van der Waals surface area contributed by atoms with Gasteiger partial charge in [0.25, 0.3) is 5.91 Å². The normalized spacial score (nSPS) is 24.1. The predicted molar refractivity (Wildman–Crippen MR) is 105 cm³/mol. The SMILES string of the molecule is CC1NC(/C=C2\C(=O)Nc3cccc(-c4c(F)cccc4F)c32)=CC1(C)C(=O)O. The summed E-state index contributed by atoms with van der Waals surface area (Å²) in [5.41, 5.74) is 0.374. The summed E-state index contributed by atoms with van der Waals surface area (Å²) in [5, 5.41) is 15.3. The first kappa shape index (κ1) is 18.9. The number of carboxylic acids is 1. The molecule has 2 unspecified atom stereocenters. The summed E-state index contributed by atoms with van der Waals surface area (Å²) in [5.74, 6) is -2.88. The van der Waals surface area contributed by atoms with Crippen LogP contribution in [0.15, 0.2) is 54.2 Å². The van der Waals surface area contributed by atoms with E-state index in [1.54, 1.807) is 38.1 Å².